The Morgan fingerprint density at radius 2 is 1.88 bits per heavy atom. The Bertz CT molecular complexity index is 906. The van der Waals surface area contributed by atoms with Crippen molar-refractivity contribution in [3.05, 3.63) is 59.4 Å². The molecule has 2 N–H and O–H groups in total. The predicted octanol–water partition coefficient (Wildman–Crippen LogP) is 6.38. The molecule has 1 aromatic heterocycles. The summed E-state index contributed by atoms with van der Waals surface area (Å²) in [5.74, 6) is 3.14. The second-order valence-electron chi connectivity index (χ2n) is 8.16. The van der Waals surface area contributed by atoms with E-state index in [1.54, 1.807) is 0 Å². The summed E-state index contributed by atoms with van der Waals surface area (Å²) >= 11 is 0. The normalized spacial score (nSPS) is 27.8. The zero-order valence-corrected chi connectivity index (χ0v) is 15.3. The molecular formula is C24H27NO. The molecule has 134 valence electrons. The molecule has 1 aromatic carbocycles. The van der Waals surface area contributed by atoms with Crippen LogP contribution < -0.4 is 5.73 Å². The minimum Gasteiger partial charge on any atom is -0.456 e. The number of furan rings is 1. The highest BCUT2D eigenvalue weighted by molar-refractivity contribution is 5.91. The molecule has 1 fully saturated rings. The van der Waals surface area contributed by atoms with Crippen molar-refractivity contribution in [1.82, 2.24) is 0 Å². The van der Waals surface area contributed by atoms with Crippen LogP contribution in [0, 0.1) is 11.8 Å². The van der Waals surface area contributed by atoms with Crippen LogP contribution in [0.15, 0.2) is 46.9 Å². The first-order chi connectivity index (χ1) is 12.8. The van der Waals surface area contributed by atoms with Gasteiger partial charge in [0, 0.05) is 22.2 Å². The first kappa shape index (κ1) is 16.0. The highest BCUT2D eigenvalue weighted by Crippen LogP contribution is 2.46. The van der Waals surface area contributed by atoms with Crippen molar-refractivity contribution in [2.45, 2.75) is 50.9 Å². The number of nitrogen functional groups attached to an aromatic ring is 1. The Kier molecular flexibility index (Phi) is 4.00. The van der Waals surface area contributed by atoms with Gasteiger partial charge in [-0.15, -0.1) is 0 Å². The summed E-state index contributed by atoms with van der Waals surface area (Å²) in [6.45, 7) is 0. The van der Waals surface area contributed by atoms with Gasteiger partial charge < -0.3 is 10.2 Å². The van der Waals surface area contributed by atoms with Crippen LogP contribution in [0.25, 0.3) is 17.0 Å². The van der Waals surface area contributed by atoms with Crippen molar-refractivity contribution in [3.63, 3.8) is 0 Å². The number of hydrogen-bond acceptors (Lipinski definition) is 2. The molecule has 5 rings (SSSR count). The van der Waals surface area contributed by atoms with Gasteiger partial charge >= 0.3 is 0 Å². The van der Waals surface area contributed by atoms with E-state index in [0.717, 1.165) is 41.7 Å². The molecule has 0 spiro atoms. The molecule has 0 saturated heterocycles. The van der Waals surface area contributed by atoms with Gasteiger partial charge in [-0.3, -0.25) is 0 Å². The lowest BCUT2D eigenvalue weighted by Crippen LogP contribution is -2.21. The second-order valence-corrected chi connectivity index (χ2v) is 8.16. The largest absolute Gasteiger partial charge is 0.456 e. The summed E-state index contributed by atoms with van der Waals surface area (Å²) in [4.78, 5) is 0. The fourth-order valence-electron chi connectivity index (χ4n) is 5.28. The number of hydrogen-bond donors (Lipinski definition) is 1. The summed E-state index contributed by atoms with van der Waals surface area (Å²) in [7, 11) is 0. The molecule has 1 saturated carbocycles. The molecule has 2 aromatic rings. The molecule has 1 unspecified atom stereocenters. The van der Waals surface area contributed by atoms with E-state index in [2.05, 4.69) is 48.6 Å². The summed E-state index contributed by atoms with van der Waals surface area (Å²) in [5, 5.41) is 1.29. The van der Waals surface area contributed by atoms with Crippen molar-refractivity contribution in [2.24, 2.45) is 11.8 Å². The monoisotopic (exact) mass is 345 g/mol. The molecular weight excluding hydrogens is 318 g/mol. The Balaban J connectivity index is 1.43. The Morgan fingerprint density at radius 1 is 1.00 bits per heavy atom. The molecule has 2 heteroatoms. The van der Waals surface area contributed by atoms with Gasteiger partial charge in [-0.1, -0.05) is 30.4 Å². The second kappa shape index (κ2) is 6.50. The Hall–Kier alpha value is -2.22. The van der Waals surface area contributed by atoms with Crippen LogP contribution >= 0.6 is 0 Å². The average Bonchev–Trinajstić information content (AvgIpc) is 3.07. The minimum atomic E-state index is 0.537. The lowest BCUT2D eigenvalue weighted by atomic mass is 9.72. The van der Waals surface area contributed by atoms with E-state index in [1.807, 2.05) is 0 Å². The van der Waals surface area contributed by atoms with E-state index in [4.69, 9.17) is 10.2 Å². The number of anilines is 1. The van der Waals surface area contributed by atoms with Crippen LogP contribution in [-0.4, -0.2) is 0 Å². The molecule has 0 radical (unpaired) electrons. The Labute approximate surface area is 155 Å². The molecule has 0 aliphatic heterocycles. The van der Waals surface area contributed by atoms with Crippen LogP contribution in [0.3, 0.4) is 0 Å². The summed E-state index contributed by atoms with van der Waals surface area (Å²) in [6, 6.07) is 4.27. The van der Waals surface area contributed by atoms with Crippen molar-refractivity contribution < 1.29 is 4.42 Å². The van der Waals surface area contributed by atoms with Crippen LogP contribution in [0.2, 0.25) is 0 Å². The predicted molar refractivity (Wildman–Crippen MR) is 109 cm³/mol. The van der Waals surface area contributed by atoms with Crippen molar-refractivity contribution in [1.29, 1.82) is 0 Å². The quantitative estimate of drug-likeness (QED) is 0.641. The molecule has 26 heavy (non-hydrogen) atoms. The number of nitrogens with two attached hydrogens (primary N) is 1. The zero-order chi connectivity index (χ0) is 17.5. The number of fused-ring (bicyclic) bond motifs is 3. The molecule has 1 atom stereocenters. The standard InChI is InChI=1S/C24H27NO/c25-21-15-14-20-19-8-4-5-9-22(19)26-24(20)23(21)18-12-10-17(11-13-18)16-6-2-1-3-7-16/h1-3,5-6,9,14-18H,4,7-8,10-13,25H2. The molecule has 0 amide bonds. The van der Waals surface area contributed by atoms with Crippen molar-refractivity contribution in [2.75, 3.05) is 5.73 Å². The molecule has 2 nitrogen and oxygen atoms in total. The van der Waals surface area contributed by atoms with Gasteiger partial charge in [-0.05, 0) is 80.9 Å². The van der Waals surface area contributed by atoms with E-state index in [9.17, 15) is 0 Å². The third kappa shape index (κ3) is 2.63. The van der Waals surface area contributed by atoms with E-state index < -0.39 is 0 Å². The maximum absolute atomic E-state index is 6.45. The number of rotatable bonds is 2. The molecule has 3 aliphatic rings. The van der Waals surface area contributed by atoms with Crippen LogP contribution in [0.1, 0.15) is 61.3 Å². The topological polar surface area (TPSA) is 39.2 Å². The first-order valence-corrected chi connectivity index (χ1v) is 10.1. The minimum absolute atomic E-state index is 0.537. The van der Waals surface area contributed by atoms with Gasteiger partial charge in [-0.25, -0.2) is 0 Å². The maximum Gasteiger partial charge on any atom is 0.140 e. The Morgan fingerprint density at radius 3 is 2.69 bits per heavy atom. The van der Waals surface area contributed by atoms with E-state index in [-0.39, 0.29) is 0 Å². The van der Waals surface area contributed by atoms with Gasteiger partial charge in [0.1, 0.15) is 11.3 Å². The van der Waals surface area contributed by atoms with Crippen molar-refractivity contribution >= 4 is 22.7 Å². The molecule has 3 aliphatic carbocycles. The number of allylic oxidation sites excluding steroid dienone is 5. The smallest absolute Gasteiger partial charge is 0.140 e. The SMILES string of the molecule is Nc1ccc2c3c(oc2c1C1CCC(C2C=CC=CC2)CC1)C=CCC3. The third-order valence-electron chi connectivity index (χ3n) is 6.69. The highest BCUT2D eigenvalue weighted by Gasteiger charge is 2.30. The number of benzene rings is 1. The summed E-state index contributed by atoms with van der Waals surface area (Å²) in [5.41, 5.74) is 11.1. The summed E-state index contributed by atoms with van der Waals surface area (Å²) < 4.78 is 6.31. The van der Waals surface area contributed by atoms with E-state index in [1.165, 1.54) is 48.6 Å². The van der Waals surface area contributed by atoms with Crippen LogP contribution in [0.4, 0.5) is 5.69 Å². The van der Waals surface area contributed by atoms with Gasteiger partial charge in [0.05, 0.1) is 0 Å². The average molecular weight is 345 g/mol. The van der Waals surface area contributed by atoms with E-state index >= 15 is 0 Å². The maximum atomic E-state index is 6.45. The van der Waals surface area contributed by atoms with Gasteiger partial charge in [0.25, 0.3) is 0 Å². The molecule has 0 bridgehead atoms. The zero-order valence-electron chi connectivity index (χ0n) is 15.3. The highest BCUT2D eigenvalue weighted by atomic mass is 16.3. The number of aryl methyl sites for hydroxylation is 1. The van der Waals surface area contributed by atoms with Gasteiger partial charge in [0.2, 0.25) is 0 Å². The summed E-state index contributed by atoms with van der Waals surface area (Å²) in [6.07, 6.45) is 21.9. The van der Waals surface area contributed by atoms with Crippen LogP contribution in [0.5, 0.6) is 0 Å². The van der Waals surface area contributed by atoms with Gasteiger partial charge in [0.15, 0.2) is 0 Å². The van der Waals surface area contributed by atoms with Crippen LogP contribution in [-0.2, 0) is 6.42 Å². The van der Waals surface area contributed by atoms with Gasteiger partial charge in [-0.2, -0.15) is 0 Å². The molecule has 1 heterocycles. The first-order valence-electron chi connectivity index (χ1n) is 10.1. The lowest BCUT2D eigenvalue weighted by Gasteiger charge is -2.33. The van der Waals surface area contributed by atoms with E-state index in [0.29, 0.717) is 5.92 Å². The fourth-order valence-corrected chi connectivity index (χ4v) is 5.28. The fraction of sp³-hybridized carbons (Fsp3) is 0.417. The lowest BCUT2D eigenvalue weighted by molar-refractivity contribution is 0.265. The third-order valence-corrected chi connectivity index (χ3v) is 6.69. The van der Waals surface area contributed by atoms with Crippen molar-refractivity contribution in [3.8, 4) is 0 Å².